The molecule has 0 spiro atoms. The van der Waals surface area contributed by atoms with Crippen molar-refractivity contribution in [2.24, 2.45) is 0 Å². The normalized spacial score (nSPS) is 10.6. The van der Waals surface area contributed by atoms with Crippen LogP contribution in [0.25, 0.3) is 0 Å². The first-order valence-electron chi connectivity index (χ1n) is 9.94. The molecule has 0 bridgehead atoms. The molecule has 150 valence electrons. The summed E-state index contributed by atoms with van der Waals surface area (Å²) in [4.78, 5) is 24.3. The molecule has 0 aliphatic rings. The highest BCUT2D eigenvalue weighted by molar-refractivity contribution is 6.04. The van der Waals surface area contributed by atoms with E-state index in [-0.39, 0.29) is 17.9 Å². The predicted octanol–water partition coefficient (Wildman–Crippen LogP) is 5.04. The van der Waals surface area contributed by atoms with E-state index in [0.717, 1.165) is 12.2 Å². The van der Waals surface area contributed by atoms with Gasteiger partial charge in [0.25, 0.3) is 11.8 Å². The number of anilines is 1. The minimum absolute atomic E-state index is 0.0789. The molecule has 2 aromatic carbocycles. The van der Waals surface area contributed by atoms with Gasteiger partial charge in [-0.1, -0.05) is 26.2 Å². The smallest absolute Gasteiger partial charge is 0.255 e. The molecule has 2 aromatic rings. The number of carbonyl (C=O) groups excluding carboxylic acids is 2. The second kappa shape index (κ2) is 11.1. The molecular formula is C23H30N2O3. The molecule has 2 amide bonds. The van der Waals surface area contributed by atoms with Gasteiger partial charge < -0.3 is 15.4 Å². The highest BCUT2D eigenvalue weighted by Gasteiger charge is 2.09. The molecule has 0 atom stereocenters. The molecule has 0 unspecified atom stereocenters. The van der Waals surface area contributed by atoms with Crippen LogP contribution >= 0.6 is 0 Å². The molecule has 0 fully saturated rings. The number of hydrogen-bond acceptors (Lipinski definition) is 3. The Balaban J connectivity index is 1.86. The van der Waals surface area contributed by atoms with Crippen LogP contribution in [0.3, 0.4) is 0 Å². The zero-order valence-electron chi connectivity index (χ0n) is 17.0. The SMILES string of the molecule is CCCCCCOc1ccc(C(=O)Nc2ccc(C(=O)NC(C)C)cc2)cc1. The van der Waals surface area contributed by atoms with Gasteiger partial charge in [0.15, 0.2) is 0 Å². The highest BCUT2D eigenvalue weighted by atomic mass is 16.5. The number of rotatable bonds is 10. The molecule has 0 saturated heterocycles. The summed E-state index contributed by atoms with van der Waals surface area (Å²) in [6.45, 7) is 6.70. The Morgan fingerprint density at radius 2 is 1.46 bits per heavy atom. The first kappa shape index (κ1) is 21.5. The van der Waals surface area contributed by atoms with Gasteiger partial charge in [-0.2, -0.15) is 0 Å². The lowest BCUT2D eigenvalue weighted by Gasteiger charge is -2.10. The molecule has 2 N–H and O–H groups in total. The largest absolute Gasteiger partial charge is 0.494 e. The second-order valence-electron chi connectivity index (χ2n) is 7.09. The van der Waals surface area contributed by atoms with Gasteiger partial charge in [0, 0.05) is 22.9 Å². The first-order valence-corrected chi connectivity index (χ1v) is 9.94. The van der Waals surface area contributed by atoms with Gasteiger partial charge in [0.05, 0.1) is 6.61 Å². The van der Waals surface area contributed by atoms with Gasteiger partial charge in [-0.15, -0.1) is 0 Å². The molecule has 0 heterocycles. The average molecular weight is 383 g/mol. The number of unbranched alkanes of at least 4 members (excludes halogenated alkanes) is 3. The van der Waals surface area contributed by atoms with Crippen molar-refractivity contribution >= 4 is 17.5 Å². The zero-order valence-corrected chi connectivity index (χ0v) is 17.0. The summed E-state index contributed by atoms with van der Waals surface area (Å²) in [7, 11) is 0. The fourth-order valence-corrected chi connectivity index (χ4v) is 2.68. The van der Waals surface area contributed by atoms with Gasteiger partial charge in [0.1, 0.15) is 5.75 Å². The molecular weight excluding hydrogens is 352 g/mol. The van der Waals surface area contributed by atoms with Crippen molar-refractivity contribution in [1.82, 2.24) is 5.32 Å². The summed E-state index contributed by atoms with van der Waals surface area (Å²) in [5.74, 6) is 0.445. The minimum Gasteiger partial charge on any atom is -0.494 e. The third-order valence-electron chi connectivity index (χ3n) is 4.21. The van der Waals surface area contributed by atoms with Crippen LogP contribution in [0.15, 0.2) is 48.5 Å². The van der Waals surface area contributed by atoms with Crippen molar-refractivity contribution in [1.29, 1.82) is 0 Å². The summed E-state index contributed by atoms with van der Waals surface area (Å²) in [6, 6.07) is 14.0. The molecule has 5 heteroatoms. The van der Waals surface area contributed by atoms with E-state index in [9.17, 15) is 9.59 Å². The van der Waals surface area contributed by atoms with Gasteiger partial charge in [-0.05, 0) is 68.8 Å². The van der Waals surface area contributed by atoms with Crippen LogP contribution in [0.5, 0.6) is 5.75 Å². The van der Waals surface area contributed by atoms with E-state index in [0.29, 0.717) is 23.4 Å². The molecule has 28 heavy (non-hydrogen) atoms. The lowest BCUT2D eigenvalue weighted by molar-refractivity contribution is 0.0942. The molecule has 0 aromatic heterocycles. The molecule has 0 saturated carbocycles. The van der Waals surface area contributed by atoms with E-state index in [4.69, 9.17) is 4.74 Å². The fourth-order valence-electron chi connectivity index (χ4n) is 2.68. The third-order valence-corrected chi connectivity index (χ3v) is 4.21. The third kappa shape index (κ3) is 7.06. The van der Waals surface area contributed by atoms with E-state index in [1.165, 1.54) is 19.3 Å². The number of ether oxygens (including phenoxy) is 1. The van der Waals surface area contributed by atoms with Gasteiger partial charge >= 0.3 is 0 Å². The van der Waals surface area contributed by atoms with Crippen LogP contribution in [0.1, 0.15) is 67.2 Å². The van der Waals surface area contributed by atoms with E-state index in [1.54, 1.807) is 36.4 Å². The van der Waals surface area contributed by atoms with Crippen molar-refractivity contribution in [3.8, 4) is 5.75 Å². The summed E-state index contributed by atoms with van der Waals surface area (Å²) in [5, 5.41) is 5.68. The Labute approximate surface area is 167 Å². The molecule has 5 nitrogen and oxygen atoms in total. The molecule has 0 radical (unpaired) electrons. The summed E-state index contributed by atoms with van der Waals surface area (Å²) < 4.78 is 5.70. The van der Waals surface area contributed by atoms with Crippen LogP contribution in [0.4, 0.5) is 5.69 Å². The van der Waals surface area contributed by atoms with Crippen LogP contribution < -0.4 is 15.4 Å². The number of nitrogens with one attached hydrogen (secondary N) is 2. The van der Waals surface area contributed by atoms with Crippen molar-refractivity contribution in [3.05, 3.63) is 59.7 Å². The van der Waals surface area contributed by atoms with Crippen LogP contribution in [-0.2, 0) is 0 Å². The van der Waals surface area contributed by atoms with E-state index in [1.807, 2.05) is 26.0 Å². The average Bonchev–Trinajstić information content (AvgIpc) is 2.68. The maximum atomic E-state index is 12.4. The quantitative estimate of drug-likeness (QED) is 0.566. The lowest BCUT2D eigenvalue weighted by atomic mass is 10.1. The number of amides is 2. The van der Waals surface area contributed by atoms with E-state index in [2.05, 4.69) is 17.6 Å². The minimum atomic E-state index is -0.200. The maximum absolute atomic E-state index is 12.4. The van der Waals surface area contributed by atoms with E-state index >= 15 is 0 Å². The zero-order chi connectivity index (χ0) is 20.4. The molecule has 2 rings (SSSR count). The van der Waals surface area contributed by atoms with Crippen LogP contribution in [0, 0.1) is 0 Å². The van der Waals surface area contributed by atoms with Gasteiger partial charge in [-0.3, -0.25) is 9.59 Å². The van der Waals surface area contributed by atoms with Crippen LogP contribution in [0.2, 0.25) is 0 Å². The number of benzene rings is 2. The van der Waals surface area contributed by atoms with E-state index < -0.39 is 0 Å². The van der Waals surface area contributed by atoms with Crippen molar-refractivity contribution in [2.45, 2.75) is 52.5 Å². The monoisotopic (exact) mass is 382 g/mol. The van der Waals surface area contributed by atoms with Crippen molar-refractivity contribution in [2.75, 3.05) is 11.9 Å². The number of carbonyl (C=O) groups is 2. The number of hydrogen-bond donors (Lipinski definition) is 2. The van der Waals surface area contributed by atoms with Crippen LogP contribution in [-0.4, -0.2) is 24.5 Å². The Bertz CT molecular complexity index is 752. The summed E-state index contributed by atoms with van der Waals surface area (Å²) >= 11 is 0. The van der Waals surface area contributed by atoms with Crippen molar-refractivity contribution in [3.63, 3.8) is 0 Å². The maximum Gasteiger partial charge on any atom is 0.255 e. The molecule has 0 aliphatic heterocycles. The Morgan fingerprint density at radius 3 is 2.07 bits per heavy atom. The topological polar surface area (TPSA) is 67.4 Å². The highest BCUT2D eigenvalue weighted by Crippen LogP contribution is 2.16. The predicted molar refractivity (Wildman–Crippen MR) is 113 cm³/mol. The summed E-state index contributed by atoms with van der Waals surface area (Å²) in [6.07, 6.45) is 4.65. The standard InChI is InChI=1S/C23H30N2O3/c1-4-5-6-7-16-28-21-14-10-19(11-15-21)23(27)25-20-12-8-18(9-13-20)22(26)24-17(2)3/h8-15,17H,4-7,16H2,1-3H3,(H,24,26)(H,25,27). The fraction of sp³-hybridized carbons (Fsp3) is 0.391. The second-order valence-corrected chi connectivity index (χ2v) is 7.09. The van der Waals surface area contributed by atoms with Gasteiger partial charge in [-0.25, -0.2) is 0 Å². The molecule has 0 aliphatic carbocycles. The lowest BCUT2D eigenvalue weighted by Crippen LogP contribution is -2.30. The summed E-state index contributed by atoms with van der Waals surface area (Å²) in [5.41, 5.74) is 1.76. The first-order chi connectivity index (χ1) is 13.5. The Morgan fingerprint density at radius 1 is 0.857 bits per heavy atom. The Kier molecular flexibility index (Phi) is 8.53. The van der Waals surface area contributed by atoms with Crippen molar-refractivity contribution < 1.29 is 14.3 Å². The van der Waals surface area contributed by atoms with Gasteiger partial charge in [0.2, 0.25) is 0 Å². The Hall–Kier alpha value is -2.82.